The van der Waals surface area contributed by atoms with Crippen LogP contribution in [0.2, 0.25) is 0 Å². The summed E-state index contributed by atoms with van der Waals surface area (Å²) in [6.45, 7) is 4.57. The number of amides is 4. The van der Waals surface area contributed by atoms with Gasteiger partial charge in [-0.2, -0.15) is 0 Å². The quantitative estimate of drug-likeness (QED) is 0.642. The van der Waals surface area contributed by atoms with Crippen molar-refractivity contribution in [2.75, 3.05) is 26.0 Å². The van der Waals surface area contributed by atoms with Crippen LogP contribution in [0, 0.1) is 13.8 Å². The fraction of sp³-hybridized carbons (Fsp3) is 0.318. The van der Waals surface area contributed by atoms with Gasteiger partial charge in [-0.3, -0.25) is 14.5 Å². The number of carbonyl (C=O) groups is 3. The number of aryl methyl sites for hydroxylation is 1. The van der Waals surface area contributed by atoms with E-state index < -0.39 is 40.0 Å². The van der Waals surface area contributed by atoms with Crippen molar-refractivity contribution in [1.29, 1.82) is 0 Å². The van der Waals surface area contributed by atoms with Crippen LogP contribution in [0.1, 0.15) is 23.6 Å². The summed E-state index contributed by atoms with van der Waals surface area (Å²) in [6.07, 6.45) is 0. The maximum atomic E-state index is 13.0. The molecule has 2 aromatic rings. The molecule has 0 radical (unpaired) electrons. The van der Waals surface area contributed by atoms with Gasteiger partial charge in [-0.05, 0) is 49.6 Å². The molecule has 1 atom stereocenters. The van der Waals surface area contributed by atoms with Gasteiger partial charge < -0.3 is 10.6 Å². The number of benzene rings is 2. The lowest BCUT2D eigenvalue weighted by Crippen LogP contribution is -2.42. The predicted octanol–water partition coefficient (Wildman–Crippen LogP) is 1.96. The molecule has 10 heteroatoms. The molecule has 1 saturated heterocycles. The molecule has 2 aromatic carbocycles. The van der Waals surface area contributed by atoms with Crippen molar-refractivity contribution in [3.63, 3.8) is 0 Å². The lowest BCUT2D eigenvalue weighted by Gasteiger charge is -2.22. The van der Waals surface area contributed by atoms with E-state index in [4.69, 9.17) is 0 Å². The molecule has 0 spiro atoms. The number of rotatable bonds is 6. The van der Waals surface area contributed by atoms with E-state index in [9.17, 15) is 22.8 Å². The third-order valence-electron chi connectivity index (χ3n) is 5.62. The molecule has 1 heterocycles. The Labute approximate surface area is 187 Å². The van der Waals surface area contributed by atoms with E-state index in [0.717, 1.165) is 9.21 Å². The number of nitrogens with one attached hydrogen (secondary N) is 2. The molecule has 1 fully saturated rings. The first kappa shape index (κ1) is 23.4. The highest BCUT2D eigenvalue weighted by molar-refractivity contribution is 7.89. The van der Waals surface area contributed by atoms with Crippen molar-refractivity contribution in [2.45, 2.75) is 31.2 Å². The average Bonchev–Trinajstić information content (AvgIpc) is 2.95. The van der Waals surface area contributed by atoms with Gasteiger partial charge >= 0.3 is 6.03 Å². The van der Waals surface area contributed by atoms with Crippen molar-refractivity contribution < 1.29 is 22.8 Å². The van der Waals surface area contributed by atoms with Gasteiger partial charge in [-0.15, -0.1) is 0 Å². The van der Waals surface area contributed by atoms with Crippen molar-refractivity contribution in [3.8, 4) is 0 Å². The van der Waals surface area contributed by atoms with E-state index in [-0.39, 0.29) is 4.90 Å². The second-order valence-electron chi connectivity index (χ2n) is 8.06. The lowest BCUT2D eigenvalue weighted by molar-refractivity contribution is -0.133. The number of nitrogens with zero attached hydrogens (tertiary/aromatic N) is 2. The molecule has 1 aliphatic rings. The number of hydrogen-bond donors (Lipinski definition) is 2. The summed E-state index contributed by atoms with van der Waals surface area (Å²) in [6, 6.07) is 11.0. The second-order valence-corrected chi connectivity index (χ2v) is 10.2. The first-order valence-corrected chi connectivity index (χ1v) is 11.3. The Hall–Kier alpha value is -3.24. The predicted molar refractivity (Wildman–Crippen MR) is 119 cm³/mol. The van der Waals surface area contributed by atoms with Crippen molar-refractivity contribution in [3.05, 3.63) is 59.2 Å². The van der Waals surface area contributed by atoms with Crippen LogP contribution in [-0.4, -0.2) is 56.1 Å². The van der Waals surface area contributed by atoms with Gasteiger partial charge in [-0.25, -0.2) is 17.5 Å². The topological polar surface area (TPSA) is 116 Å². The minimum absolute atomic E-state index is 0.0348. The van der Waals surface area contributed by atoms with Gasteiger partial charge in [0.15, 0.2) is 0 Å². The average molecular weight is 459 g/mol. The molecule has 1 aliphatic heterocycles. The van der Waals surface area contributed by atoms with Gasteiger partial charge in [0.2, 0.25) is 15.9 Å². The van der Waals surface area contributed by atoms with Crippen molar-refractivity contribution >= 4 is 33.6 Å². The molecule has 0 aromatic heterocycles. The van der Waals surface area contributed by atoms with Gasteiger partial charge in [0.1, 0.15) is 12.1 Å². The van der Waals surface area contributed by atoms with Crippen LogP contribution in [0.5, 0.6) is 0 Å². The molecular formula is C22H26N4O5S. The van der Waals surface area contributed by atoms with Crippen LogP contribution in [-0.2, 0) is 25.2 Å². The number of imide groups is 1. The normalized spacial score (nSPS) is 18.8. The minimum atomic E-state index is -3.71. The third kappa shape index (κ3) is 4.11. The first-order chi connectivity index (χ1) is 14.9. The molecule has 170 valence electrons. The maximum Gasteiger partial charge on any atom is 0.325 e. The molecule has 3 rings (SSSR count). The lowest BCUT2D eigenvalue weighted by atomic mass is 9.92. The van der Waals surface area contributed by atoms with E-state index >= 15 is 0 Å². The highest BCUT2D eigenvalue weighted by atomic mass is 32.2. The summed E-state index contributed by atoms with van der Waals surface area (Å²) >= 11 is 0. The van der Waals surface area contributed by atoms with E-state index in [2.05, 4.69) is 10.6 Å². The Morgan fingerprint density at radius 3 is 2.34 bits per heavy atom. The van der Waals surface area contributed by atoms with Gasteiger partial charge in [-0.1, -0.05) is 30.3 Å². The van der Waals surface area contributed by atoms with E-state index in [1.807, 2.05) is 0 Å². The highest BCUT2D eigenvalue weighted by Gasteiger charge is 2.49. The first-order valence-electron chi connectivity index (χ1n) is 9.91. The van der Waals surface area contributed by atoms with Crippen LogP contribution in [0.4, 0.5) is 10.5 Å². The Bertz CT molecular complexity index is 1190. The van der Waals surface area contributed by atoms with Gasteiger partial charge in [0.25, 0.3) is 5.91 Å². The Morgan fingerprint density at radius 1 is 1.12 bits per heavy atom. The summed E-state index contributed by atoms with van der Waals surface area (Å²) in [5.74, 6) is -1.16. The molecule has 4 amide bonds. The second kappa shape index (κ2) is 8.36. The molecule has 1 unspecified atom stereocenters. The summed E-state index contributed by atoms with van der Waals surface area (Å²) in [7, 11) is -0.866. The largest absolute Gasteiger partial charge is 0.325 e. The molecule has 0 aliphatic carbocycles. The Kier molecular flexibility index (Phi) is 6.12. The SMILES string of the molecule is Cc1cc(S(=O)(=O)N(C)C)cc(NC(=O)CN2C(=O)NC(C)(c3ccccc3)C2=O)c1C. The number of hydrogen-bond acceptors (Lipinski definition) is 5. The number of sulfonamides is 1. The molecule has 0 saturated carbocycles. The fourth-order valence-electron chi connectivity index (χ4n) is 3.46. The van der Waals surface area contributed by atoms with E-state index in [0.29, 0.717) is 22.4 Å². The third-order valence-corrected chi connectivity index (χ3v) is 7.41. The van der Waals surface area contributed by atoms with Gasteiger partial charge in [0.05, 0.1) is 4.90 Å². The van der Waals surface area contributed by atoms with Crippen molar-refractivity contribution in [1.82, 2.24) is 14.5 Å². The highest BCUT2D eigenvalue weighted by Crippen LogP contribution is 2.29. The molecule has 0 bridgehead atoms. The number of anilines is 1. The summed E-state index contributed by atoms with van der Waals surface area (Å²) in [5, 5.41) is 5.29. The van der Waals surface area contributed by atoms with Crippen LogP contribution in [0.25, 0.3) is 0 Å². The molecular weight excluding hydrogens is 432 g/mol. The van der Waals surface area contributed by atoms with E-state index in [1.54, 1.807) is 51.1 Å². The Morgan fingerprint density at radius 2 is 1.75 bits per heavy atom. The smallest absolute Gasteiger partial charge is 0.324 e. The molecule has 32 heavy (non-hydrogen) atoms. The maximum absolute atomic E-state index is 13.0. The van der Waals surface area contributed by atoms with Crippen LogP contribution in [0.3, 0.4) is 0 Å². The monoisotopic (exact) mass is 458 g/mol. The fourth-order valence-corrected chi connectivity index (χ4v) is 4.47. The minimum Gasteiger partial charge on any atom is -0.324 e. The van der Waals surface area contributed by atoms with Crippen LogP contribution >= 0.6 is 0 Å². The van der Waals surface area contributed by atoms with Crippen LogP contribution in [0.15, 0.2) is 47.4 Å². The number of carbonyl (C=O) groups excluding carboxylic acids is 3. The van der Waals surface area contributed by atoms with Crippen molar-refractivity contribution in [2.24, 2.45) is 0 Å². The molecule has 9 nitrogen and oxygen atoms in total. The van der Waals surface area contributed by atoms with E-state index in [1.165, 1.54) is 26.2 Å². The zero-order chi connectivity index (χ0) is 23.8. The summed E-state index contributed by atoms with van der Waals surface area (Å²) in [5.41, 5.74) is 0.991. The molecule has 2 N–H and O–H groups in total. The Balaban J connectivity index is 1.83. The summed E-state index contributed by atoms with van der Waals surface area (Å²) in [4.78, 5) is 39.1. The van der Waals surface area contributed by atoms with Crippen LogP contribution < -0.4 is 10.6 Å². The summed E-state index contributed by atoms with van der Waals surface area (Å²) < 4.78 is 26.1. The zero-order valence-electron chi connectivity index (χ0n) is 18.6. The standard InChI is InChI=1S/C22H26N4O5S/c1-14-11-17(32(30,31)25(4)5)12-18(15(14)2)23-19(27)13-26-20(28)22(3,24-21(26)29)16-9-7-6-8-10-16/h6-12H,13H2,1-5H3,(H,23,27)(H,24,29). The number of urea groups is 1. The van der Waals surface area contributed by atoms with Gasteiger partial charge in [0, 0.05) is 19.8 Å². The zero-order valence-corrected chi connectivity index (χ0v) is 19.4.